The van der Waals surface area contributed by atoms with E-state index in [1.54, 1.807) is 0 Å². The summed E-state index contributed by atoms with van der Waals surface area (Å²) in [5.41, 5.74) is 0. The summed E-state index contributed by atoms with van der Waals surface area (Å²) < 4.78 is 9.24. The van der Waals surface area contributed by atoms with E-state index in [9.17, 15) is 4.79 Å². The van der Waals surface area contributed by atoms with Crippen molar-refractivity contribution in [3.05, 3.63) is 30.3 Å². The average molecular weight is 213 g/mol. The summed E-state index contributed by atoms with van der Waals surface area (Å²) in [6.45, 7) is 0. The number of ether oxygens (including phenoxy) is 2. The largest absolute Gasteiger partial charge is 0.511 e. The first kappa shape index (κ1) is 10.9. The fourth-order valence-corrected chi connectivity index (χ4v) is 1.95. The first-order valence-corrected chi connectivity index (χ1v) is 5.92. The van der Waals surface area contributed by atoms with Crippen LogP contribution in [0.2, 0.25) is 0 Å². The second-order valence-electron chi connectivity index (χ2n) is 2.67. The molecule has 0 N–H and O–H groups in total. The number of carbonyl (C=O) groups excluding carboxylic acids is 1. The van der Waals surface area contributed by atoms with Gasteiger partial charge in [-0.1, -0.05) is 18.2 Å². The Morgan fingerprint density at radius 2 is 2.00 bits per heavy atom. The molecule has 1 aromatic carbocycles. The van der Waals surface area contributed by atoms with Crippen LogP contribution < -0.4 is 0 Å². The highest BCUT2D eigenvalue weighted by Crippen LogP contribution is 2.10. The van der Waals surface area contributed by atoms with Crippen LogP contribution in [0.4, 0.5) is 4.79 Å². The molecule has 0 saturated heterocycles. The zero-order valence-corrected chi connectivity index (χ0v) is 9.04. The van der Waals surface area contributed by atoms with Crippen LogP contribution >= 0.6 is 0 Å². The number of rotatable bonds is 3. The smallest absolute Gasteiger partial charge is 0.438 e. The van der Waals surface area contributed by atoms with E-state index in [0.29, 0.717) is 5.94 Å². The minimum Gasteiger partial charge on any atom is -0.438 e. The van der Waals surface area contributed by atoms with Crippen LogP contribution in [-0.4, -0.2) is 25.5 Å². The molecule has 1 atom stereocenters. The fourth-order valence-electron chi connectivity index (χ4n) is 0.916. The van der Waals surface area contributed by atoms with Crippen LogP contribution in [0, 0.1) is 0 Å². The van der Waals surface area contributed by atoms with Crippen LogP contribution in [0.5, 0.6) is 0 Å². The Bertz CT molecular complexity index is 287. The van der Waals surface area contributed by atoms with Crippen molar-refractivity contribution in [1.29, 1.82) is 0 Å². The second kappa shape index (κ2) is 5.54. The van der Waals surface area contributed by atoms with Crippen LogP contribution in [0.15, 0.2) is 35.2 Å². The van der Waals surface area contributed by atoms with Gasteiger partial charge in [-0.3, -0.25) is 0 Å². The van der Waals surface area contributed by atoms with Gasteiger partial charge in [0.2, 0.25) is 0 Å². The molecule has 1 aromatic rings. The third kappa shape index (κ3) is 3.30. The summed E-state index contributed by atoms with van der Waals surface area (Å²) in [6.07, 6.45) is 1.40. The predicted octanol–water partition coefficient (Wildman–Crippen LogP) is 2.03. The third-order valence-corrected chi connectivity index (χ3v) is 3.21. The van der Waals surface area contributed by atoms with Crippen molar-refractivity contribution in [3.8, 4) is 0 Å². The number of hydrogen-bond acceptors (Lipinski definition) is 3. The highest BCUT2D eigenvalue weighted by molar-refractivity contribution is 7.96. The zero-order chi connectivity index (χ0) is 10.4. The Kier molecular flexibility index (Phi) is 4.32. The van der Waals surface area contributed by atoms with Crippen molar-refractivity contribution >= 4 is 17.1 Å². The Labute approximate surface area is 86.4 Å². The molecule has 76 valence electrons. The van der Waals surface area contributed by atoms with E-state index in [4.69, 9.17) is 4.74 Å². The standard InChI is InChI=1S/C10H13O3S/c1-12-10(11)13-8-14(2)9-6-4-3-5-7-9/h3-7H,8H2,1-2H3/q+1. The Morgan fingerprint density at radius 3 is 2.57 bits per heavy atom. The van der Waals surface area contributed by atoms with Gasteiger partial charge in [-0.2, -0.15) is 0 Å². The molecule has 1 rings (SSSR count). The number of hydrogen-bond donors (Lipinski definition) is 0. The van der Waals surface area contributed by atoms with E-state index in [1.807, 2.05) is 36.6 Å². The van der Waals surface area contributed by atoms with Crippen LogP contribution in [0.1, 0.15) is 0 Å². The lowest BCUT2D eigenvalue weighted by Gasteiger charge is -2.02. The summed E-state index contributed by atoms with van der Waals surface area (Å²) in [5.74, 6) is 0.372. The monoisotopic (exact) mass is 213 g/mol. The Balaban J connectivity index is 2.43. The van der Waals surface area contributed by atoms with Crippen molar-refractivity contribution in [2.24, 2.45) is 0 Å². The molecule has 0 saturated carbocycles. The molecule has 3 nitrogen and oxygen atoms in total. The van der Waals surface area contributed by atoms with E-state index in [2.05, 4.69) is 4.74 Å². The van der Waals surface area contributed by atoms with Crippen LogP contribution in [0.3, 0.4) is 0 Å². The molecule has 0 amide bonds. The van der Waals surface area contributed by atoms with Gasteiger partial charge in [0.25, 0.3) is 5.94 Å². The molecule has 0 aliphatic carbocycles. The first-order valence-electron chi connectivity index (χ1n) is 4.12. The maximum absolute atomic E-state index is 10.7. The van der Waals surface area contributed by atoms with E-state index in [1.165, 1.54) is 12.0 Å². The van der Waals surface area contributed by atoms with Gasteiger partial charge in [-0.15, -0.1) is 0 Å². The van der Waals surface area contributed by atoms with Crippen molar-refractivity contribution < 1.29 is 14.3 Å². The molecule has 0 spiro atoms. The summed E-state index contributed by atoms with van der Waals surface area (Å²) in [5, 5.41) is 0. The van der Waals surface area contributed by atoms with Crippen molar-refractivity contribution in [2.45, 2.75) is 4.90 Å². The maximum atomic E-state index is 10.7. The summed E-state index contributed by atoms with van der Waals surface area (Å²) >= 11 is 0. The van der Waals surface area contributed by atoms with Gasteiger partial charge in [-0.25, -0.2) is 4.79 Å². The third-order valence-electron chi connectivity index (χ3n) is 1.67. The minimum atomic E-state index is -0.625. The van der Waals surface area contributed by atoms with Crippen molar-refractivity contribution in [2.75, 3.05) is 19.3 Å². The first-order chi connectivity index (χ1) is 6.74. The van der Waals surface area contributed by atoms with E-state index >= 15 is 0 Å². The molecule has 0 radical (unpaired) electrons. The van der Waals surface area contributed by atoms with Gasteiger partial charge in [0.05, 0.1) is 18.0 Å². The lowest BCUT2D eigenvalue weighted by Crippen LogP contribution is -2.13. The SMILES string of the molecule is COC(=O)OC[S+](C)c1ccccc1. The van der Waals surface area contributed by atoms with Crippen LogP contribution in [0.25, 0.3) is 0 Å². The molecule has 0 aromatic heterocycles. The summed E-state index contributed by atoms with van der Waals surface area (Å²) in [4.78, 5) is 11.9. The molecule has 0 fully saturated rings. The summed E-state index contributed by atoms with van der Waals surface area (Å²) in [7, 11) is 1.23. The lowest BCUT2D eigenvalue weighted by atomic mass is 10.4. The van der Waals surface area contributed by atoms with Gasteiger partial charge in [0, 0.05) is 0 Å². The highest BCUT2D eigenvalue weighted by atomic mass is 32.2. The lowest BCUT2D eigenvalue weighted by molar-refractivity contribution is 0.0875. The summed E-state index contributed by atoms with van der Waals surface area (Å²) in [6, 6.07) is 9.93. The maximum Gasteiger partial charge on any atom is 0.511 e. The van der Waals surface area contributed by atoms with Gasteiger partial charge in [0.1, 0.15) is 6.26 Å². The van der Waals surface area contributed by atoms with Gasteiger partial charge >= 0.3 is 6.16 Å². The molecule has 0 aliphatic rings. The van der Waals surface area contributed by atoms with Gasteiger partial charge < -0.3 is 9.47 Å². The Morgan fingerprint density at radius 1 is 1.36 bits per heavy atom. The number of benzene rings is 1. The normalized spacial score (nSPS) is 11.9. The van der Waals surface area contributed by atoms with Crippen molar-refractivity contribution in [1.82, 2.24) is 0 Å². The van der Waals surface area contributed by atoms with E-state index in [0.717, 1.165) is 0 Å². The molecular formula is C10H13O3S+. The van der Waals surface area contributed by atoms with Crippen LogP contribution in [-0.2, 0) is 20.4 Å². The second-order valence-corrected chi connectivity index (χ2v) is 4.65. The van der Waals surface area contributed by atoms with E-state index < -0.39 is 6.16 Å². The molecule has 14 heavy (non-hydrogen) atoms. The minimum absolute atomic E-state index is 0.0786. The molecule has 1 unspecified atom stereocenters. The Hall–Kier alpha value is -1.16. The predicted molar refractivity (Wildman–Crippen MR) is 56.4 cm³/mol. The topological polar surface area (TPSA) is 35.5 Å². The number of methoxy groups -OCH3 is 1. The molecule has 0 bridgehead atoms. The highest BCUT2D eigenvalue weighted by Gasteiger charge is 2.17. The van der Waals surface area contributed by atoms with Crippen molar-refractivity contribution in [3.63, 3.8) is 0 Å². The number of carbonyl (C=O) groups is 1. The van der Waals surface area contributed by atoms with Gasteiger partial charge in [-0.05, 0) is 12.1 Å². The average Bonchev–Trinajstić information content (AvgIpc) is 2.26. The van der Waals surface area contributed by atoms with E-state index in [-0.39, 0.29) is 10.9 Å². The fraction of sp³-hybridized carbons (Fsp3) is 0.300. The quantitative estimate of drug-likeness (QED) is 0.569. The molecule has 4 heteroatoms. The van der Waals surface area contributed by atoms with Gasteiger partial charge in [0.15, 0.2) is 4.90 Å². The zero-order valence-electron chi connectivity index (χ0n) is 8.23. The molecule has 0 heterocycles. The molecular weight excluding hydrogens is 200 g/mol. The molecule has 0 aliphatic heterocycles.